The van der Waals surface area contributed by atoms with Gasteiger partial charge in [-0.1, -0.05) is 0 Å². The third kappa shape index (κ3) is 1.47. The third-order valence-electron chi connectivity index (χ3n) is 3.68. The largest absolute Gasteiger partial charge is 0.489 e. The Morgan fingerprint density at radius 1 is 1.06 bits per heavy atom. The molecule has 1 N–H and O–H groups in total. The van der Waals surface area contributed by atoms with Crippen LogP contribution in [-0.2, 0) is 4.74 Å². The van der Waals surface area contributed by atoms with E-state index in [9.17, 15) is 0 Å². The van der Waals surface area contributed by atoms with Crippen LogP contribution in [0.15, 0.2) is 12.1 Å². The molecule has 0 aromatic heterocycles. The highest BCUT2D eigenvalue weighted by molar-refractivity contribution is 5.58. The fourth-order valence-electron chi connectivity index (χ4n) is 2.84. The van der Waals surface area contributed by atoms with Gasteiger partial charge in [-0.25, -0.2) is 0 Å². The molecule has 0 unspecified atom stereocenters. The lowest BCUT2D eigenvalue weighted by atomic mass is 9.98. The molecular formula is C13H15NO4. The molecule has 4 rings (SSSR count). The Labute approximate surface area is 105 Å². The van der Waals surface area contributed by atoms with Crippen LogP contribution in [0.4, 0.5) is 0 Å². The Morgan fingerprint density at radius 2 is 2.06 bits per heavy atom. The topological polar surface area (TPSA) is 49.0 Å². The molecule has 0 spiro atoms. The van der Waals surface area contributed by atoms with Crippen LogP contribution in [0.3, 0.4) is 0 Å². The van der Waals surface area contributed by atoms with Crippen molar-refractivity contribution in [3.05, 3.63) is 17.7 Å². The monoisotopic (exact) mass is 249 g/mol. The second kappa shape index (κ2) is 4.03. The minimum Gasteiger partial charge on any atom is -0.489 e. The zero-order chi connectivity index (χ0) is 11.9. The van der Waals surface area contributed by atoms with Crippen molar-refractivity contribution in [2.24, 2.45) is 0 Å². The summed E-state index contributed by atoms with van der Waals surface area (Å²) in [6.45, 7) is 2.57. The summed E-state index contributed by atoms with van der Waals surface area (Å²) in [6.07, 6.45) is 0.986. The number of hydrogen-bond acceptors (Lipinski definition) is 5. The standard InChI is InChI=1S/C13H15NO4/c1-2-10-13(18-7-17-10)12-8(1)11-9(3-5-15-12)14-4-6-16-11/h1-2,9,11,14H,3-7H2/t9-,11-/m0/s1. The summed E-state index contributed by atoms with van der Waals surface area (Å²) in [5.41, 5.74) is 1.06. The molecule has 0 amide bonds. The first-order chi connectivity index (χ1) is 8.93. The van der Waals surface area contributed by atoms with E-state index in [0.29, 0.717) is 12.6 Å². The Morgan fingerprint density at radius 3 is 3.06 bits per heavy atom. The highest BCUT2D eigenvalue weighted by Gasteiger charge is 2.35. The summed E-state index contributed by atoms with van der Waals surface area (Å²) in [5.74, 6) is 2.28. The van der Waals surface area contributed by atoms with Crippen LogP contribution >= 0.6 is 0 Å². The van der Waals surface area contributed by atoms with Gasteiger partial charge in [-0.05, 0) is 18.6 Å². The van der Waals surface area contributed by atoms with Gasteiger partial charge in [0, 0.05) is 18.2 Å². The van der Waals surface area contributed by atoms with Crippen molar-refractivity contribution in [2.45, 2.75) is 18.6 Å². The average Bonchev–Trinajstić information content (AvgIpc) is 2.80. The van der Waals surface area contributed by atoms with Gasteiger partial charge in [-0.15, -0.1) is 0 Å². The van der Waals surface area contributed by atoms with E-state index >= 15 is 0 Å². The second-order valence-corrected chi connectivity index (χ2v) is 4.71. The highest BCUT2D eigenvalue weighted by Crippen LogP contribution is 2.48. The molecule has 0 aliphatic carbocycles. The molecule has 3 heterocycles. The molecule has 3 aliphatic heterocycles. The summed E-state index contributed by atoms with van der Waals surface area (Å²) in [4.78, 5) is 0. The summed E-state index contributed by atoms with van der Waals surface area (Å²) in [7, 11) is 0. The van der Waals surface area contributed by atoms with E-state index in [-0.39, 0.29) is 12.9 Å². The molecule has 1 fully saturated rings. The maximum absolute atomic E-state index is 5.91. The first-order valence-corrected chi connectivity index (χ1v) is 6.34. The van der Waals surface area contributed by atoms with E-state index in [1.54, 1.807) is 0 Å². The number of hydrogen-bond donors (Lipinski definition) is 1. The molecule has 0 radical (unpaired) electrons. The first-order valence-electron chi connectivity index (χ1n) is 6.34. The van der Waals surface area contributed by atoms with Crippen molar-refractivity contribution < 1.29 is 18.9 Å². The fraction of sp³-hybridized carbons (Fsp3) is 0.538. The maximum Gasteiger partial charge on any atom is 0.231 e. The lowest BCUT2D eigenvalue weighted by Gasteiger charge is -2.31. The van der Waals surface area contributed by atoms with Crippen molar-refractivity contribution in [3.8, 4) is 17.2 Å². The zero-order valence-corrected chi connectivity index (χ0v) is 9.98. The number of fused-ring (bicyclic) bond motifs is 5. The highest BCUT2D eigenvalue weighted by atomic mass is 16.7. The van der Waals surface area contributed by atoms with Gasteiger partial charge in [0.25, 0.3) is 0 Å². The normalized spacial score (nSPS) is 28.9. The Bertz CT molecular complexity index is 476. The van der Waals surface area contributed by atoms with Gasteiger partial charge < -0.3 is 24.3 Å². The molecule has 18 heavy (non-hydrogen) atoms. The van der Waals surface area contributed by atoms with Crippen LogP contribution < -0.4 is 19.5 Å². The van der Waals surface area contributed by atoms with Gasteiger partial charge >= 0.3 is 0 Å². The van der Waals surface area contributed by atoms with Crippen molar-refractivity contribution in [2.75, 3.05) is 26.6 Å². The van der Waals surface area contributed by atoms with Gasteiger partial charge in [0.1, 0.15) is 6.10 Å². The summed E-state index contributed by atoms with van der Waals surface area (Å²) in [6, 6.07) is 4.28. The van der Waals surface area contributed by atoms with Gasteiger partial charge in [-0.2, -0.15) is 0 Å². The van der Waals surface area contributed by atoms with Crippen molar-refractivity contribution in [1.82, 2.24) is 5.32 Å². The SMILES string of the molecule is c1cc2c(c3c1OCO3)OCC[C@@H]1NCCO[C@@H]21. The van der Waals surface area contributed by atoms with E-state index in [4.69, 9.17) is 18.9 Å². The number of ether oxygens (including phenoxy) is 4. The van der Waals surface area contributed by atoms with Gasteiger partial charge in [0.05, 0.1) is 13.2 Å². The van der Waals surface area contributed by atoms with E-state index in [2.05, 4.69) is 5.32 Å². The van der Waals surface area contributed by atoms with E-state index in [0.717, 1.165) is 42.4 Å². The lowest BCUT2D eigenvalue weighted by molar-refractivity contribution is -0.00587. The quantitative estimate of drug-likeness (QED) is 0.749. The Balaban J connectivity index is 1.81. The fourth-order valence-corrected chi connectivity index (χ4v) is 2.84. The molecule has 3 aliphatic rings. The van der Waals surface area contributed by atoms with E-state index in [1.807, 2.05) is 12.1 Å². The number of benzene rings is 1. The predicted octanol–water partition coefficient (Wildman–Crippen LogP) is 1.23. The van der Waals surface area contributed by atoms with E-state index in [1.165, 1.54) is 0 Å². The van der Waals surface area contributed by atoms with Crippen LogP contribution in [0.1, 0.15) is 18.1 Å². The molecule has 5 heteroatoms. The molecular weight excluding hydrogens is 234 g/mol. The van der Waals surface area contributed by atoms with Gasteiger partial charge in [0.15, 0.2) is 11.5 Å². The van der Waals surface area contributed by atoms with Gasteiger partial charge in [-0.3, -0.25) is 0 Å². The van der Waals surface area contributed by atoms with Gasteiger partial charge in [0.2, 0.25) is 12.5 Å². The zero-order valence-electron chi connectivity index (χ0n) is 9.98. The second-order valence-electron chi connectivity index (χ2n) is 4.71. The number of rotatable bonds is 0. The van der Waals surface area contributed by atoms with E-state index < -0.39 is 0 Å². The van der Waals surface area contributed by atoms with Crippen molar-refractivity contribution in [1.29, 1.82) is 0 Å². The minimum absolute atomic E-state index is 0.0470. The van der Waals surface area contributed by atoms with Crippen LogP contribution in [0.5, 0.6) is 17.2 Å². The molecule has 96 valence electrons. The molecule has 0 saturated carbocycles. The molecule has 1 saturated heterocycles. The smallest absolute Gasteiger partial charge is 0.231 e. The molecule has 5 nitrogen and oxygen atoms in total. The predicted molar refractivity (Wildman–Crippen MR) is 63.2 cm³/mol. The first kappa shape index (κ1) is 10.5. The minimum atomic E-state index is 0.0470. The molecule has 1 aromatic carbocycles. The molecule has 0 bridgehead atoms. The van der Waals surface area contributed by atoms with Crippen LogP contribution in [0.2, 0.25) is 0 Å². The molecule has 1 aromatic rings. The maximum atomic E-state index is 5.91. The van der Waals surface area contributed by atoms with Crippen molar-refractivity contribution in [3.63, 3.8) is 0 Å². The summed E-state index contributed by atoms with van der Waals surface area (Å²) in [5, 5.41) is 3.49. The average molecular weight is 249 g/mol. The lowest BCUT2D eigenvalue weighted by Crippen LogP contribution is -2.43. The third-order valence-corrected chi connectivity index (χ3v) is 3.68. The number of morpholine rings is 1. The Hall–Kier alpha value is -1.46. The number of nitrogens with one attached hydrogen (secondary N) is 1. The molecule has 2 atom stereocenters. The Kier molecular flexibility index (Phi) is 2.34. The summed E-state index contributed by atoms with van der Waals surface area (Å²) >= 11 is 0. The van der Waals surface area contributed by atoms with Crippen LogP contribution in [0, 0.1) is 0 Å². The van der Waals surface area contributed by atoms with Crippen LogP contribution in [0.25, 0.3) is 0 Å². The van der Waals surface area contributed by atoms with Crippen molar-refractivity contribution >= 4 is 0 Å². The van der Waals surface area contributed by atoms with Crippen LogP contribution in [-0.4, -0.2) is 32.6 Å². The summed E-state index contributed by atoms with van der Waals surface area (Å²) < 4.78 is 22.7.